The summed E-state index contributed by atoms with van der Waals surface area (Å²) in [5.74, 6) is 0.255. The molecular weight excluding hydrogens is 280 g/mol. The number of ketones is 1. The van der Waals surface area contributed by atoms with Crippen molar-refractivity contribution >= 4 is 11.7 Å². The first-order valence-corrected chi connectivity index (χ1v) is 7.67. The van der Waals surface area contributed by atoms with Gasteiger partial charge in [-0.1, -0.05) is 26.0 Å². The van der Waals surface area contributed by atoms with E-state index in [-0.39, 0.29) is 11.7 Å². The van der Waals surface area contributed by atoms with Crippen molar-refractivity contribution in [3.63, 3.8) is 0 Å². The molecule has 5 nitrogen and oxygen atoms in total. The van der Waals surface area contributed by atoms with Crippen LogP contribution in [0.25, 0.3) is 0 Å². The zero-order valence-electron chi connectivity index (χ0n) is 13.8. The number of carbonyl (C=O) groups excluding carboxylic acids is 2. The normalized spacial score (nSPS) is 12.6. The summed E-state index contributed by atoms with van der Waals surface area (Å²) in [5.41, 5.74) is 5.96. The van der Waals surface area contributed by atoms with E-state index in [0.717, 1.165) is 12.8 Å². The fraction of sp³-hybridized carbons (Fsp3) is 0.529. The van der Waals surface area contributed by atoms with Crippen LogP contribution in [0.2, 0.25) is 0 Å². The van der Waals surface area contributed by atoms with Gasteiger partial charge >= 0.3 is 0 Å². The lowest BCUT2D eigenvalue weighted by Crippen LogP contribution is -2.55. The molecule has 0 aliphatic carbocycles. The van der Waals surface area contributed by atoms with Crippen LogP contribution in [0.5, 0.6) is 5.75 Å². The molecule has 0 aliphatic rings. The molecule has 1 aromatic carbocycles. The van der Waals surface area contributed by atoms with Crippen LogP contribution in [0.3, 0.4) is 0 Å². The van der Waals surface area contributed by atoms with Gasteiger partial charge in [0, 0.05) is 12.1 Å². The summed E-state index contributed by atoms with van der Waals surface area (Å²) in [6.07, 6.45) is 0.863. The highest BCUT2D eigenvalue weighted by molar-refractivity contribution is 5.94. The van der Waals surface area contributed by atoms with Gasteiger partial charge in [-0.25, -0.2) is 0 Å². The summed E-state index contributed by atoms with van der Waals surface area (Å²) in [6, 6.07) is 6.82. The van der Waals surface area contributed by atoms with Gasteiger partial charge in [-0.15, -0.1) is 0 Å². The Kier molecular flexibility index (Phi) is 6.56. The fourth-order valence-electron chi connectivity index (χ4n) is 2.18. The van der Waals surface area contributed by atoms with Crippen LogP contribution in [0, 0.1) is 0 Å². The quantitative estimate of drug-likeness (QED) is 0.722. The van der Waals surface area contributed by atoms with E-state index in [0.29, 0.717) is 17.9 Å². The Balaban J connectivity index is 2.76. The number of carbonyl (C=O) groups is 2. The molecule has 0 radical (unpaired) electrons. The third kappa shape index (κ3) is 4.56. The molecule has 0 spiro atoms. The number of amides is 1. The summed E-state index contributed by atoms with van der Waals surface area (Å²) in [5, 5.41) is 2.98. The largest absolute Gasteiger partial charge is 0.481 e. The number of nitrogens with two attached hydrogens (primary N) is 1. The first kappa shape index (κ1) is 18.2. The monoisotopic (exact) mass is 306 g/mol. The summed E-state index contributed by atoms with van der Waals surface area (Å²) < 4.78 is 5.64. The minimum Gasteiger partial charge on any atom is -0.481 e. The van der Waals surface area contributed by atoms with Crippen LogP contribution < -0.4 is 15.8 Å². The lowest BCUT2D eigenvalue weighted by Gasteiger charge is -2.32. The number of ether oxygens (including phenoxy) is 1. The highest BCUT2D eigenvalue weighted by atomic mass is 16.5. The number of hydrogen-bond donors (Lipinski definition) is 2. The Hall–Kier alpha value is -1.88. The van der Waals surface area contributed by atoms with Crippen molar-refractivity contribution < 1.29 is 14.3 Å². The Morgan fingerprint density at radius 2 is 1.95 bits per heavy atom. The number of benzene rings is 1. The third-order valence-electron chi connectivity index (χ3n) is 4.06. The molecule has 0 heterocycles. The number of Topliss-reactive ketones (excluding diaryl/α,β-unsaturated/α-hetero) is 1. The molecule has 3 N–H and O–H groups in total. The van der Waals surface area contributed by atoms with Crippen molar-refractivity contribution in [2.24, 2.45) is 5.73 Å². The average Bonchev–Trinajstić information content (AvgIpc) is 2.52. The second-order valence-electron chi connectivity index (χ2n) is 5.52. The number of hydrogen-bond acceptors (Lipinski definition) is 4. The average molecular weight is 306 g/mol. The zero-order valence-corrected chi connectivity index (χ0v) is 13.8. The maximum atomic E-state index is 12.3. The first-order chi connectivity index (χ1) is 10.4. The molecule has 5 heteroatoms. The molecule has 0 fully saturated rings. The van der Waals surface area contributed by atoms with Gasteiger partial charge in [-0.05, 0) is 38.8 Å². The van der Waals surface area contributed by atoms with E-state index in [1.165, 1.54) is 6.92 Å². The van der Waals surface area contributed by atoms with Gasteiger partial charge in [0.05, 0.1) is 5.54 Å². The van der Waals surface area contributed by atoms with Crippen LogP contribution in [-0.4, -0.2) is 29.9 Å². The van der Waals surface area contributed by atoms with Gasteiger partial charge < -0.3 is 15.8 Å². The second kappa shape index (κ2) is 7.94. The molecular formula is C17H26N2O3. The van der Waals surface area contributed by atoms with E-state index >= 15 is 0 Å². The van der Waals surface area contributed by atoms with Gasteiger partial charge in [-0.2, -0.15) is 0 Å². The molecule has 1 rings (SSSR count). The predicted molar refractivity (Wildman–Crippen MR) is 87.0 cm³/mol. The Morgan fingerprint density at radius 1 is 1.32 bits per heavy atom. The van der Waals surface area contributed by atoms with Crippen LogP contribution in [-0.2, 0) is 4.79 Å². The lowest BCUT2D eigenvalue weighted by molar-refractivity contribution is -0.129. The molecule has 122 valence electrons. The van der Waals surface area contributed by atoms with E-state index in [4.69, 9.17) is 10.5 Å². The lowest BCUT2D eigenvalue weighted by atomic mass is 9.92. The van der Waals surface area contributed by atoms with Crippen molar-refractivity contribution in [2.75, 3.05) is 6.54 Å². The van der Waals surface area contributed by atoms with E-state index < -0.39 is 11.6 Å². The van der Waals surface area contributed by atoms with Crippen molar-refractivity contribution in [2.45, 2.75) is 52.2 Å². The molecule has 0 saturated carbocycles. The second-order valence-corrected chi connectivity index (χ2v) is 5.52. The van der Waals surface area contributed by atoms with Crippen LogP contribution in [0.4, 0.5) is 0 Å². The van der Waals surface area contributed by atoms with Gasteiger partial charge in [0.2, 0.25) is 0 Å². The highest BCUT2D eigenvalue weighted by Gasteiger charge is 2.29. The van der Waals surface area contributed by atoms with Crippen molar-refractivity contribution in [3.8, 4) is 5.75 Å². The van der Waals surface area contributed by atoms with E-state index in [1.807, 2.05) is 13.8 Å². The number of nitrogens with one attached hydrogen (secondary N) is 1. The SMILES string of the molecule is CCC(CC)(CN)NC(=O)C(C)Oc1cccc(C(C)=O)c1. The van der Waals surface area contributed by atoms with Crippen LogP contribution >= 0.6 is 0 Å². The third-order valence-corrected chi connectivity index (χ3v) is 4.06. The zero-order chi connectivity index (χ0) is 16.8. The molecule has 22 heavy (non-hydrogen) atoms. The highest BCUT2D eigenvalue weighted by Crippen LogP contribution is 2.17. The van der Waals surface area contributed by atoms with Crippen LogP contribution in [0.15, 0.2) is 24.3 Å². The minimum absolute atomic E-state index is 0.0401. The standard InChI is InChI=1S/C17H26N2O3/c1-5-17(6-2,11-18)19-16(21)13(4)22-15-9-7-8-14(10-15)12(3)20/h7-10,13H,5-6,11,18H2,1-4H3,(H,19,21). The maximum Gasteiger partial charge on any atom is 0.261 e. The minimum atomic E-state index is -0.661. The van der Waals surface area contributed by atoms with Crippen molar-refractivity contribution in [3.05, 3.63) is 29.8 Å². The fourth-order valence-corrected chi connectivity index (χ4v) is 2.18. The number of rotatable bonds is 8. The molecule has 1 aromatic rings. The Morgan fingerprint density at radius 3 is 2.45 bits per heavy atom. The molecule has 1 atom stereocenters. The molecule has 1 unspecified atom stereocenters. The van der Waals surface area contributed by atoms with E-state index in [1.54, 1.807) is 31.2 Å². The van der Waals surface area contributed by atoms with Gasteiger partial charge in [0.15, 0.2) is 11.9 Å². The summed E-state index contributed by atoms with van der Waals surface area (Å²) in [6.45, 7) is 7.56. The summed E-state index contributed by atoms with van der Waals surface area (Å²) in [7, 11) is 0. The van der Waals surface area contributed by atoms with E-state index in [9.17, 15) is 9.59 Å². The predicted octanol–water partition coefficient (Wildman–Crippen LogP) is 2.29. The van der Waals surface area contributed by atoms with Crippen molar-refractivity contribution in [1.82, 2.24) is 5.32 Å². The maximum absolute atomic E-state index is 12.3. The van der Waals surface area contributed by atoms with Crippen LogP contribution in [0.1, 0.15) is 50.9 Å². The smallest absolute Gasteiger partial charge is 0.261 e. The summed E-state index contributed by atoms with van der Waals surface area (Å²) in [4.78, 5) is 23.7. The molecule has 0 aliphatic heterocycles. The Labute approximate surface area is 132 Å². The molecule has 0 bridgehead atoms. The summed E-state index contributed by atoms with van der Waals surface area (Å²) >= 11 is 0. The van der Waals surface area contributed by atoms with Gasteiger partial charge in [0.1, 0.15) is 5.75 Å². The van der Waals surface area contributed by atoms with Gasteiger partial charge in [0.25, 0.3) is 5.91 Å². The molecule has 0 aromatic heterocycles. The van der Waals surface area contributed by atoms with Gasteiger partial charge in [-0.3, -0.25) is 9.59 Å². The molecule has 0 saturated heterocycles. The van der Waals surface area contributed by atoms with Crippen molar-refractivity contribution in [1.29, 1.82) is 0 Å². The topological polar surface area (TPSA) is 81.4 Å². The van der Waals surface area contributed by atoms with E-state index in [2.05, 4.69) is 5.32 Å². The first-order valence-electron chi connectivity index (χ1n) is 7.67. The Bertz CT molecular complexity index is 516. The molecule has 1 amide bonds.